The highest BCUT2D eigenvalue weighted by atomic mass is 32.2. The van der Waals surface area contributed by atoms with Gasteiger partial charge in [0.1, 0.15) is 0 Å². The Bertz CT molecular complexity index is 1180. The number of benzene rings is 2. The van der Waals surface area contributed by atoms with E-state index in [4.69, 9.17) is 0 Å². The van der Waals surface area contributed by atoms with Gasteiger partial charge in [-0.05, 0) is 43.2 Å². The molecule has 1 aliphatic rings. The second kappa shape index (κ2) is 9.80. The number of nitro groups is 1. The van der Waals surface area contributed by atoms with E-state index >= 15 is 0 Å². The maximum Gasteiger partial charge on any atom is 0.270 e. The number of piperidine rings is 1. The molecule has 1 saturated heterocycles. The lowest BCUT2D eigenvalue weighted by atomic mass is 9.93. The van der Waals surface area contributed by atoms with Crippen molar-refractivity contribution in [1.82, 2.24) is 10.2 Å². The van der Waals surface area contributed by atoms with Crippen LogP contribution in [0.2, 0.25) is 0 Å². The molecular formula is C23H28N4O6S. The fraction of sp³-hybridized carbons (Fsp3) is 0.391. The Kier molecular flexibility index (Phi) is 7.25. The minimum atomic E-state index is -4.04. The number of non-ortho nitro benzene ring substituents is 1. The molecule has 1 heterocycles. The zero-order valence-electron chi connectivity index (χ0n) is 19.3. The number of amides is 2. The highest BCUT2D eigenvalue weighted by Gasteiger charge is 2.30. The number of carbonyl (C=O) groups is 2. The van der Waals surface area contributed by atoms with Gasteiger partial charge in [-0.25, -0.2) is 8.42 Å². The van der Waals surface area contributed by atoms with E-state index in [9.17, 15) is 28.1 Å². The number of nitrogens with one attached hydrogen (secondary N) is 2. The van der Waals surface area contributed by atoms with Crippen LogP contribution in [0, 0.1) is 15.5 Å². The maximum atomic E-state index is 12.6. The first-order valence-electron chi connectivity index (χ1n) is 10.8. The lowest BCUT2D eigenvalue weighted by molar-refractivity contribution is -0.385. The molecule has 182 valence electrons. The Balaban J connectivity index is 1.58. The van der Waals surface area contributed by atoms with Crippen LogP contribution in [0.4, 0.5) is 11.4 Å². The molecule has 0 aromatic heterocycles. The van der Waals surface area contributed by atoms with E-state index in [0.717, 1.165) is 6.07 Å². The molecule has 11 heteroatoms. The number of hydrogen-bond acceptors (Lipinski definition) is 6. The van der Waals surface area contributed by atoms with Crippen LogP contribution in [0.3, 0.4) is 0 Å². The number of nitrogens with zero attached hydrogens (tertiary/aromatic N) is 2. The molecule has 0 spiro atoms. The molecule has 1 aliphatic heterocycles. The lowest BCUT2D eigenvalue weighted by Gasteiger charge is -2.36. The number of likely N-dealkylation sites (tertiary alicyclic amines) is 1. The molecule has 0 unspecified atom stereocenters. The van der Waals surface area contributed by atoms with Gasteiger partial charge < -0.3 is 10.2 Å². The molecule has 0 atom stereocenters. The van der Waals surface area contributed by atoms with Gasteiger partial charge >= 0.3 is 0 Å². The molecule has 2 aromatic carbocycles. The Morgan fingerprint density at radius 1 is 1.06 bits per heavy atom. The third-order valence-electron chi connectivity index (χ3n) is 5.50. The summed E-state index contributed by atoms with van der Waals surface area (Å²) in [6.07, 6.45) is 1.32. The number of rotatable bonds is 6. The van der Waals surface area contributed by atoms with E-state index < -0.39 is 20.4 Å². The summed E-state index contributed by atoms with van der Waals surface area (Å²) in [4.78, 5) is 36.8. The fourth-order valence-electron chi connectivity index (χ4n) is 3.64. The third kappa shape index (κ3) is 6.10. The van der Waals surface area contributed by atoms with Crippen LogP contribution in [0.15, 0.2) is 53.4 Å². The minimum absolute atomic E-state index is 0.0523. The number of nitro benzene ring substituents is 1. The van der Waals surface area contributed by atoms with E-state index in [1.54, 1.807) is 0 Å². The van der Waals surface area contributed by atoms with Crippen molar-refractivity contribution in [2.75, 3.05) is 17.8 Å². The van der Waals surface area contributed by atoms with E-state index in [-0.39, 0.29) is 34.1 Å². The molecular weight excluding hydrogens is 460 g/mol. The first-order valence-corrected chi connectivity index (χ1v) is 12.3. The minimum Gasteiger partial charge on any atom is -0.349 e. The van der Waals surface area contributed by atoms with E-state index in [1.165, 1.54) is 42.5 Å². The quantitative estimate of drug-likeness (QED) is 0.473. The van der Waals surface area contributed by atoms with Crippen LogP contribution in [-0.2, 0) is 14.8 Å². The van der Waals surface area contributed by atoms with Crippen LogP contribution in [-0.4, -0.2) is 49.2 Å². The Morgan fingerprint density at radius 3 is 2.24 bits per heavy atom. The first-order chi connectivity index (χ1) is 15.9. The number of hydrogen-bond donors (Lipinski definition) is 2. The van der Waals surface area contributed by atoms with Gasteiger partial charge in [0.25, 0.3) is 21.6 Å². The standard InChI is InChI=1S/C23H28N4O6S/c1-23(2,3)22(29)26-13-11-17(12-14-26)24-21(28)16-7-9-18(10-8-16)25-34(32,33)20-6-4-5-19(15-20)27(30)31/h4-10,15,17,25H,11-14H2,1-3H3,(H,24,28). The molecule has 10 nitrogen and oxygen atoms in total. The van der Waals surface area contributed by atoms with Crippen molar-refractivity contribution in [1.29, 1.82) is 0 Å². The fourth-order valence-corrected chi connectivity index (χ4v) is 4.74. The summed E-state index contributed by atoms with van der Waals surface area (Å²) in [5, 5.41) is 13.9. The number of sulfonamides is 1. The summed E-state index contributed by atoms with van der Waals surface area (Å²) < 4.78 is 27.5. The lowest BCUT2D eigenvalue weighted by Crippen LogP contribution is -2.49. The topological polar surface area (TPSA) is 139 Å². The Morgan fingerprint density at radius 2 is 1.68 bits per heavy atom. The average Bonchev–Trinajstić information content (AvgIpc) is 2.79. The molecule has 2 amide bonds. The van der Waals surface area contributed by atoms with Crippen molar-refractivity contribution in [2.45, 2.75) is 44.6 Å². The van der Waals surface area contributed by atoms with Gasteiger partial charge in [-0.2, -0.15) is 0 Å². The number of anilines is 1. The zero-order valence-corrected chi connectivity index (χ0v) is 20.1. The van der Waals surface area contributed by atoms with Crippen molar-refractivity contribution >= 4 is 33.2 Å². The first kappa shape index (κ1) is 25.2. The summed E-state index contributed by atoms with van der Waals surface area (Å²) in [6, 6.07) is 10.6. The van der Waals surface area contributed by atoms with Gasteiger partial charge in [0.15, 0.2) is 0 Å². The Labute approximate surface area is 198 Å². The van der Waals surface area contributed by atoms with Crippen molar-refractivity contribution in [3.63, 3.8) is 0 Å². The van der Waals surface area contributed by atoms with E-state index in [1.807, 2.05) is 25.7 Å². The molecule has 2 N–H and O–H groups in total. The summed E-state index contributed by atoms with van der Waals surface area (Å²) in [7, 11) is -4.04. The molecule has 0 bridgehead atoms. The summed E-state index contributed by atoms with van der Waals surface area (Å²) >= 11 is 0. The maximum absolute atomic E-state index is 12.6. The van der Waals surface area contributed by atoms with Crippen LogP contribution >= 0.6 is 0 Å². The molecule has 0 aliphatic carbocycles. The normalized spacial score (nSPS) is 15.0. The van der Waals surface area contributed by atoms with Gasteiger partial charge in [0.2, 0.25) is 5.91 Å². The predicted octanol–water partition coefficient (Wildman–Crippen LogP) is 3.16. The molecule has 0 radical (unpaired) electrons. The second-order valence-electron chi connectivity index (χ2n) is 9.23. The smallest absolute Gasteiger partial charge is 0.270 e. The molecule has 2 aromatic rings. The van der Waals surface area contributed by atoms with Crippen molar-refractivity contribution < 1.29 is 22.9 Å². The van der Waals surface area contributed by atoms with Crippen molar-refractivity contribution in [3.05, 3.63) is 64.2 Å². The summed E-state index contributed by atoms with van der Waals surface area (Å²) in [6.45, 7) is 6.82. The number of carbonyl (C=O) groups excluding carboxylic acids is 2. The van der Waals surface area contributed by atoms with E-state index in [2.05, 4.69) is 10.0 Å². The van der Waals surface area contributed by atoms with Crippen LogP contribution in [0.1, 0.15) is 44.0 Å². The van der Waals surface area contributed by atoms with Gasteiger partial charge in [-0.15, -0.1) is 0 Å². The molecule has 34 heavy (non-hydrogen) atoms. The van der Waals surface area contributed by atoms with Crippen molar-refractivity contribution in [3.8, 4) is 0 Å². The molecule has 1 fully saturated rings. The Hall–Kier alpha value is -3.47. The highest BCUT2D eigenvalue weighted by Crippen LogP contribution is 2.22. The van der Waals surface area contributed by atoms with Crippen LogP contribution in [0.5, 0.6) is 0 Å². The van der Waals surface area contributed by atoms with Crippen LogP contribution in [0.25, 0.3) is 0 Å². The highest BCUT2D eigenvalue weighted by molar-refractivity contribution is 7.92. The molecule has 0 saturated carbocycles. The summed E-state index contributed by atoms with van der Waals surface area (Å²) in [5.41, 5.74) is -0.179. The molecule has 3 rings (SSSR count). The summed E-state index contributed by atoms with van der Waals surface area (Å²) in [5.74, 6) is -0.186. The van der Waals surface area contributed by atoms with Gasteiger partial charge in [0, 0.05) is 47.9 Å². The van der Waals surface area contributed by atoms with Gasteiger partial charge in [-0.1, -0.05) is 26.8 Å². The largest absolute Gasteiger partial charge is 0.349 e. The predicted molar refractivity (Wildman–Crippen MR) is 127 cm³/mol. The zero-order chi connectivity index (χ0) is 25.1. The van der Waals surface area contributed by atoms with Gasteiger partial charge in [-0.3, -0.25) is 24.4 Å². The average molecular weight is 489 g/mol. The van der Waals surface area contributed by atoms with Crippen LogP contribution < -0.4 is 10.0 Å². The monoisotopic (exact) mass is 488 g/mol. The van der Waals surface area contributed by atoms with E-state index in [0.29, 0.717) is 31.5 Å². The van der Waals surface area contributed by atoms with Crippen molar-refractivity contribution in [2.24, 2.45) is 5.41 Å². The second-order valence-corrected chi connectivity index (χ2v) is 10.9. The van der Waals surface area contributed by atoms with Gasteiger partial charge in [0.05, 0.1) is 9.82 Å². The SMILES string of the molecule is CC(C)(C)C(=O)N1CCC(NC(=O)c2ccc(NS(=O)(=O)c3cccc([N+](=O)[O-])c3)cc2)CC1. The third-order valence-corrected chi connectivity index (χ3v) is 6.88.